The summed E-state index contributed by atoms with van der Waals surface area (Å²) >= 11 is 0. The van der Waals surface area contributed by atoms with Gasteiger partial charge in [-0.25, -0.2) is 4.39 Å². The van der Waals surface area contributed by atoms with E-state index in [0.717, 1.165) is 6.92 Å². The zero-order chi connectivity index (χ0) is 12.5. The second-order valence-electron chi connectivity index (χ2n) is 3.05. The predicted octanol–water partition coefficient (Wildman–Crippen LogP) is 2.92. The summed E-state index contributed by atoms with van der Waals surface area (Å²) in [4.78, 5) is 10.9. The summed E-state index contributed by atoms with van der Waals surface area (Å²) in [5, 5.41) is 8.45. The molecule has 1 aromatic rings. The molecule has 0 aromatic heterocycles. The monoisotopic (exact) mass is 231 g/mol. The highest BCUT2D eigenvalue weighted by Crippen LogP contribution is 2.31. The maximum absolute atomic E-state index is 13.3. The van der Waals surface area contributed by atoms with Crippen LogP contribution in [0.2, 0.25) is 0 Å². The molecule has 0 bridgehead atoms. The van der Waals surface area contributed by atoms with Crippen molar-refractivity contribution in [3.63, 3.8) is 0 Å². The molecule has 84 valence electrons. The van der Waals surface area contributed by atoms with E-state index in [1.807, 2.05) is 0 Å². The fourth-order valence-electron chi connectivity index (χ4n) is 1.13. The highest BCUT2D eigenvalue weighted by molar-refractivity contribution is 5.95. The van der Waals surface area contributed by atoms with Crippen molar-refractivity contribution >= 4 is 5.78 Å². The SMILES string of the molecule is CC(=O)c1cc(C(F)(F)F)cc(C#N)c1F. The number of hydrogen-bond donors (Lipinski definition) is 0. The third-order valence-electron chi connectivity index (χ3n) is 1.90. The number of hydrogen-bond acceptors (Lipinski definition) is 2. The molecule has 0 saturated heterocycles. The lowest BCUT2D eigenvalue weighted by atomic mass is 10.0. The number of rotatable bonds is 1. The van der Waals surface area contributed by atoms with Gasteiger partial charge in [-0.05, 0) is 19.1 Å². The van der Waals surface area contributed by atoms with Crippen LogP contribution in [0.3, 0.4) is 0 Å². The minimum absolute atomic E-state index is 0.377. The number of nitrogens with zero attached hydrogens (tertiary/aromatic N) is 1. The molecule has 0 radical (unpaired) electrons. The van der Waals surface area contributed by atoms with Gasteiger partial charge in [0.15, 0.2) is 11.6 Å². The molecule has 1 rings (SSSR count). The third kappa shape index (κ3) is 2.19. The number of carbonyl (C=O) groups is 1. The molecular formula is C10H5F4NO. The Morgan fingerprint density at radius 3 is 2.31 bits per heavy atom. The van der Waals surface area contributed by atoms with Crippen LogP contribution in [0.15, 0.2) is 12.1 Å². The highest BCUT2D eigenvalue weighted by atomic mass is 19.4. The van der Waals surface area contributed by atoms with E-state index in [0.29, 0.717) is 12.1 Å². The number of carbonyl (C=O) groups excluding carboxylic acids is 1. The van der Waals surface area contributed by atoms with E-state index < -0.39 is 34.5 Å². The van der Waals surface area contributed by atoms with Gasteiger partial charge in [0, 0.05) is 0 Å². The molecule has 0 aliphatic carbocycles. The van der Waals surface area contributed by atoms with Crippen LogP contribution < -0.4 is 0 Å². The van der Waals surface area contributed by atoms with Gasteiger partial charge in [-0.1, -0.05) is 0 Å². The van der Waals surface area contributed by atoms with E-state index in [-0.39, 0.29) is 0 Å². The molecule has 1 aromatic carbocycles. The first-order valence-electron chi connectivity index (χ1n) is 4.09. The van der Waals surface area contributed by atoms with Gasteiger partial charge in [0.1, 0.15) is 6.07 Å². The average molecular weight is 231 g/mol. The first kappa shape index (κ1) is 12.2. The van der Waals surface area contributed by atoms with Crippen LogP contribution in [0, 0.1) is 17.1 Å². The number of ketones is 1. The maximum atomic E-state index is 13.3. The number of halogens is 4. The van der Waals surface area contributed by atoms with Crippen molar-refractivity contribution in [3.8, 4) is 6.07 Å². The lowest BCUT2D eigenvalue weighted by Crippen LogP contribution is -2.10. The molecule has 0 fully saturated rings. The standard InChI is InChI=1S/C10H5F4NO/c1-5(16)8-3-7(10(12,13)14)2-6(4-15)9(8)11/h2-3H,1H3. The van der Waals surface area contributed by atoms with Crippen molar-refractivity contribution in [2.24, 2.45) is 0 Å². The summed E-state index contributed by atoms with van der Waals surface area (Å²) in [6.45, 7) is 0.930. The number of benzene rings is 1. The predicted molar refractivity (Wildman–Crippen MR) is 46.1 cm³/mol. The largest absolute Gasteiger partial charge is 0.416 e. The molecule has 0 saturated carbocycles. The molecule has 2 nitrogen and oxygen atoms in total. The second kappa shape index (κ2) is 3.93. The molecule has 0 atom stereocenters. The minimum atomic E-state index is -4.72. The Kier molecular flexibility index (Phi) is 2.99. The van der Waals surface area contributed by atoms with Crippen molar-refractivity contribution < 1.29 is 22.4 Å². The van der Waals surface area contributed by atoms with E-state index in [1.165, 1.54) is 6.07 Å². The van der Waals surface area contributed by atoms with E-state index in [9.17, 15) is 22.4 Å². The van der Waals surface area contributed by atoms with E-state index >= 15 is 0 Å². The summed E-state index contributed by atoms with van der Waals surface area (Å²) in [7, 11) is 0. The Morgan fingerprint density at radius 2 is 1.94 bits per heavy atom. The van der Waals surface area contributed by atoms with Gasteiger partial charge < -0.3 is 0 Å². The third-order valence-corrected chi connectivity index (χ3v) is 1.90. The summed E-state index contributed by atoms with van der Waals surface area (Å²) in [6, 6.07) is 2.05. The number of nitriles is 1. The van der Waals surface area contributed by atoms with Crippen molar-refractivity contribution in [2.45, 2.75) is 13.1 Å². The molecule has 6 heteroatoms. The van der Waals surface area contributed by atoms with Crippen molar-refractivity contribution in [1.29, 1.82) is 5.26 Å². The zero-order valence-corrected chi connectivity index (χ0v) is 8.02. The smallest absolute Gasteiger partial charge is 0.294 e. The molecule has 0 aliphatic heterocycles. The van der Waals surface area contributed by atoms with Crippen molar-refractivity contribution in [3.05, 3.63) is 34.6 Å². The van der Waals surface area contributed by atoms with Gasteiger partial charge in [-0.2, -0.15) is 18.4 Å². The van der Waals surface area contributed by atoms with Crippen LogP contribution >= 0.6 is 0 Å². The number of alkyl halides is 3. The summed E-state index contributed by atoms with van der Waals surface area (Å²) in [6.07, 6.45) is -4.72. The average Bonchev–Trinajstić information content (AvgIpc) is 2.15. The Balaban J connectivity index is 3.54. The normalized spacial score (nSPS) is 11.0. The first-order valence-corrected chi connectivity index (χ1v) is 4.09. The quantitative estimate of drug-likeness (QED) is 0.550. The summed E-state index contributed by atoms with van der Waals surface area (Å²) < 4.78 is 50.3. The Hall–Kier alpha value is -1.90. The van der Waals surface area contributed by atoms with E-state index in [1.54, 1.807) is 0 Å². The van der Waals surface area contributed by atoms with Gasteiger partial charge in [-0.3, -0.25) is 4.79 Å². The molecule has 0 heterocycles. The van der Waals surface area contributed by atoms with Gasteiger partial charge >= 0.3 is 6.18 Å². The Bertz CT molecular complexity index is 485. The second-order valence-corrected chi connectivity index (χ2v) is 3.05. The molecule has 16 heavy (non-hydrogen) atoms. The van der Waals surface area contributed by atoms with Crippen LogP contribution in [0.1, 0.15) is 28.4 Å². The van der Waals surface area contributed by atoms with Gasteiger partial charge in [0.2, 0.25) is 0 Å². The lowest BCUT2D eigenvalue weighted by Gasteiger charge is -2.09. The topological polar surface area (TPSA) is 40.9 Å². The van der Waals surface area contributed by atoms with Crippen molar-refractivity contribution in [2.75, 3.05) is 0 Å². The van der Waals surface area contributed by atoms with E-state index in [2.05, 4.69) is 0 Å². The van der Waals surface area contributed by atoms with Crippen LogP contribution in [-0.4, -0.2) is 5.78 Å². The van der Waals surface area contributed by atoms with Crippen LogP contribution in [-0.2, 0) is 6.18 Å². The fourth-order valence-corrected chi connectivity index (χ4v) is 1.13. The van der Waals surface area contributed by atoms with E-state index in [4.69, 9.17) is 5.26 Å². The van der Waals surface area contributed by atoms with Crippen LogP contribution in [0.5, 0.6) is 0 Å². The van der Waals surface area contributed by atoms with Gasteiger partial charge in [0.05, 0.1) is 16.7 Å². The summed E-state index contributed by atoms with van der Waals surface area (Å²) in [5.41, 5.74) is -2.73. The molecule has 0 amide bonds. The Labute approximate surface area is 88.1 Å². The first-order chi connectivity index (χ1) is 7.27. The molecule has 0 spiro atoms. The molecule has 0 N–H and O–H groups in total. The highest BCUT2D eigenvalue weighted by Gasteiger charge is 2.32. The molecule has 0 unspecified atom stereocenters. The van der Waals surface area contributed by atoms with Gasteiger partial charge in [-0.15, -0.1) is 0 Å². The number of Topliss-reactive ketones (excluding diaryl/α,β-unsaturated/α-hetero) is 1. The zero-order valence-electron chi connectivity index (χ0n) is 8.02. The molecular weight excluding hydrogens is 226 g/mol. The maximum Gasteiger partial charge on any atom is 0.416 e. The molecule has 0 aliphatic rings. The van der Waals surface area contributed by atoms with Crippen LogP contribution in [0.25, 0.3) is 0 Å². The summed E-state index contributed by atoms with van der Waals surface area (Å²) in [5.74, 6) is -2.08. The Morgan fingerprint density at radius 1 is 1.38 bits per heavy atom. The lowest BCUT2D eigenvalue weighted by molar-refractivity contribution is -0.137. The van der Waals surface area contributed by atoms with Crippen molar-refractivity contribution in [1.82, 2.24) is 0 Å². The minimum Gasteiger partial charge on any atom is -0.294 e. The fraction of sp³-hybridized carbons (Fsp3) is 0.200. The van der Waals surface area contributed by atoms with Gasteiger partial charge in [0.25, 0.3) is 0 Å². The van der Waals surface area contributed by atoms with Crippen LogP contribution in [0.4, 0.5) is 17.6 Å².